The standard InChI is InChI=1S/C24H13ClN4O2/c25-14-9-10-19(13(11-14)12-26)29-21-20(28-18-8-4-3-7-17(18)24(29)27)22(30)15-5-1-2-6-16(15)23(21)31/h1-11H,27H2. The Morgan fingerprint density at radius 3 is 2.26 bits per heavy atom. The average molecular weight is 425 g/mol. The molecule has 0 spiro atoms. The molecule has 1 aliphatic carbocycles. The zero-order valence-electron chi connectivity index (χ0n) is 16.0. The van der Waals surface area contributed by atoms with Gasteiger partial charge in [0.2, 0.25) is 10.9 Å². The smallest absolute Gasteiger partial charge is 0.214 e. The van der Waals surface area contributed by atoms with Crippen LogP contribution in [0.5, 0.6) is 0 Å². The highest BCUT2D eigenvalue weighted by Gasteiger charge is 2.17. The minimum absolute atomic E-state index is 0.0104. The summed E-state index contributed by atoms with van der Waals surface area (Å²) in [6, 6.07) is 20.4. The van der Waals surface area contributed by atoms with E-state index in [1.807, 2.05) is 0 Å². The van der Waals surface area contributed by atoms with Crippen molar-refractivity contribution in [3.05, 3.63) is 108 Å². The van der Waals surface area contributed by atoms with Crippen molar-refractivity contribution < 1.29 is 0 Å². The largest absolute Gasteiger partial charge is 0.384 e. The Bertz CT molecular complexity index is 1770. The molecule has 2 N–H and O–H groups in total. The van der Waals surface area contributed by atoms with Gasteiger partial charge in [0.15, 0.2) is 0 Å². The molecule has 31 heavy (non-hydrogen) atoms. The first-order chi connectivity index (χ1) is 15.0. The van der Waals surface area contributed by atoms with Crippen molar-refractivity contribution in [1.82, 2.24) is 9.55 Å². The van der Waals surface area contributed by atoms with Gasteiger partial charge in [-0.2, -0.15) is 5.26 Å². The van der Waals surface area contributed by atoms with Crippen molar-refractivity contribution in [3.8, 4) is 11.8 Å². The van der Waals surface area contributed by atoms with E-state index in [2.05, 4.69) is 11.1 Å². The number of nitrogen functional groups attached to an aromatic ring is 1. The molecule has 1 heterocycles. The molecular formula is C24H13ClN4O2. The van der Waals surface area contributed by atoms with E-state index in [0.717, 1.165) is 0 Å². The number of anilines is 1. The Labute approximate surface area is 180 Å². The monoisotopic (exact) mass is 424 g/mol. The van der Waals surface area contributed by atoms with Crippen LogP contribution in [0.4, 0.5) is 5.82 Å². The molecule has 0 bridgehead atoms. The van der Waals surface area contributed by atoms with Gasteiger partial charge in [0, 0.05) is 21.2 Å². The van der Waals surface area contributed by atoms with Gasteiger partial charge in [0.05, 0.1) is 16.8 Å². The summed E-state index contributed by atoms with van der Waals surface area (Å²) in [5.74, 6) is 0.184. The molecule has 6 nitrogen and oxygen atoms in total. The summed E-state index contributed by atoms with van der Waals surface area (Å²) in [7, 11) is 0. The number of nitrogens with two attached hydrogens (primary N) is 1. The number of fused-ring (bicyclic) bond motifs is 2. The highest BCUT2D eigenvalue weighted by molar-refractivity contribution is 6.30. The third-order valence-electron chi connectivity index (χ3n) is 5.27. The molecule has 2 aliphatic rings. The number of nitriles is 1. The molecule has 0 fully saturated rings. The Morgan fingerprint density at radius 1 is 0.903 bits per heavy atom. The van der Waals surface area contributed by atoms with Crippen LogP contribution in [0.15, 0.2) is 76.3 Å². The van der Waals surface area contributed by atoms with Crippen LogP contribution in [0, 0.1) is 22.0 Å². The lowest BCUT2D eigenvalue weighted by molar-refractivity contribution is 0.994. The number of hydrogen-bond acceptors (Lipinski definition) is 5. The van der Waals surface area contributed by atoms with Gasteiger partial charge in [0.25, 0.3) is 0 Å². The van der Waals surface area contributed by atoms with Gasteiger partial charge in [-0.15, -0.1) is 0 Å². The Hall–Kier alpha value is -4.21. The molecule has 0 amide bonds. The third kappa shape index (κ3) is 2.75. The maximum atomic E-state index is 13.6. The summed E-state index contributed by atoms with van der Waals surface area (Å²) in [4.78, 5) is 31.5. The Morgan fingerprint density at radius 2 is 1.55 bits per heavy atom. The lowest BCUT2D eigenvalue weighted by Crippen LogP contribution is -2.21. The zero-order chi connectivity index (χ0) is 21.7. The first-order valence-electron chi connectivity index (χ1n) is 9.37. The van der Waals surface area contributed by atoms with Crippen LogP contribution in [0.25, 0.3) is 27.4 Å². The molecule has 0 unspecified atom stereocenters. The molecule has 0 radical (unpaired) electrons. The van der Waals surface area contributed by atoms with Gasteiger partial charge < -0.3 is 5.73 Å². The van der Waals surface area contributed by atoms with E-state index in [-0.39, 0.29) is 38.3 Å². The fraction of sp³-hybridized carbons (Fsp3) is 0. The van der Waals surface area contributed by atoms with Crippen LogP contribution >= 0.6 is 11.6 Å². The van der Waals surface area contributed by atoms with Crippen LogP contribution in [-0.4, -0.2) is 9.55 Å². The summed E-state index contributed by atoms with van der Waals surface area (Å²) >= 11 is 6.08. The van der Waals surface area contributed by atoms with Crippen LogP contribution in [-0.2, 0) is 0 Å². The van der Waals surface area contributed by atoms with Crippen molar-refractivity contribution in [2.75, 3.05) is 5.73 Å². The first-order valence-corrected chi connectivity index (χ1v) is 9.75. The summed E-state index contributed by atoms with van der Waals surface area (Å²) in [5, 5.41) is 11.2. The van der Waals surface area contributed by atoms with Gasteiger partial charge >= 0.3 is 0 Å². The highest BCUT2D eigenvalue weighted by Crippen LogP contribution is 2.26. The van der Waals surface area contributed by atoms with E-state index in [0.29, 0.717) is 21.6 Å². The second-order valence-electron chi connectivity index (χ2n) is 7.02. The normalized spacial score (nSPS) is 11.1. The fourth-order valence-electron chi connectivity index (χ4n) is 3.85. The number of para-hydroxylation sites is 1. The van der Waals surface area contributed by atoms with E-state index in [4.69, 9.17) is 17.3 Å². The molecule has 0 saturated heterocycles. The molecule has 3 aromatic carbocycles. The van der Waals surface area contributed by atoms with Crippen molar-refractivity contribution in [3.63, 3.8) is 0 Å². The average Bonchev–Trinajstić information content (AvgIpc) is 2.92. The quantitative estimate of drug-likeness (QED) is 0.441. The summed E-state index contributed by atoms with van der Waals surface area (Å²) < 4.78 is 1.44. The summed E-state index contributed by atoms with van der Waals surface area (Å²) in [6.45, 7) is 0. The van der Waals surface area contributed by atoms with E-state index in [1.165, 1.54) is 10.6 Å². The topological polar surface area (TPSA) is 102 Å². The van der Waals surface area contributed by atoms with Crippen molar-refractivity contribution in [2.24, 2.45) is 0 Å². The van der Waals surface area contributed by atoms with Crippen LogP contribution in [0.2, 0.25) is 5.02 Å². The maximum Gasteiger partial charge on any atom is 0.214 e. The zero-order valence-corrected chi connectivity index (χ0v) is 16.7. The molecule has 0 aromatic heterocycles. The first kappa shape index (κ1) is 18.8. The van der Waals surface area contributed by atoms with Crippen LogP contribution in [0.3, 0.4) is 0 Å². The molecule has 3 aromatic rings. The van der Waals surface area contributed by atoms with Gasteiger partial charge in [-0.25, -0.2) is 4.98 Å². The van der Waals surface area contributed by atoms with Gasteiger partial charge in [0.1, 0.15) is 22.6 Å². The van der Waals surface area contributed by atoms with Crippen LogP contribution in [0.1, 0.15) is 5.56 Å². The number of rotatable bonds is 1. The molecule has 0 atom stereocenters. The molecule has 0 saturated carbocycles. The van der Waals surface area contributed by atoms with Crippen molar-refractivity contribution in [1.29, 1.82) is 5.26 Å². The van der Waals surface area contributed by atoms with E-state index >= 15 is 0 Å². The van der Waals surface area contributed by atoms with E-state index < -0.39 is 5.43 Å². The summed E-state index contributed by atoms with van der Waals surface area (Å²) in [6.07, 6.45) is 0. The number of aromatic nitrogens is 2. The SMILES string of the molecule is N#Cc1cc(Cl)ccc1-n1c(N)c2ccccc2nc2c(=O)c3ccccc3c(=O)c1=2. The summed E-state index contributed by atoms with van der Waals surface area (Å²) in [5.41, 5.74) is 6.79. The van der Waals surface area contributed by atoms with E-state index in [1.54, 1.807) is 60.7 Å². The predicted octanol–water partition coefficient (Wildman–Crippen LogP) is 3.73. The highest BCUT2D eigenvalue weighted by atomic mass is 35.5. The number of hydrogen-bond donors (Lipinski definition) is 1. The second kappa shape index (κ2) is 6.94. The lowest BCUT2D eigenvalue weighted by Gasteiger charge is -2.12. The number of nitrogens with zero attached hydrogens (tertiary/aromatic N) is 3. The van der Waals surface area contributed by atoms with Crippen molar-refractivity contribution >= 4 is 39.1 Å². The minimum Gasteiger partial charge on any atom is -0.384 e. The minimum atomic E-state index is -0.399. The molecule has 148 valence electrons. The van der Waals surface area contributed by atoms with E-state index in [9.17, 15) is 14.9 Å². The third-order valence-corrected chi connectivity index (χ3v) is 5.50. The maximum absolute atomic E-state index is 13.6. The second-order valence-corrected chi connectivity index (χ2v) is 7.46. The number of benzene rings is 3. The molecule has 7 heteroatoms. The molecular weight excluding hydrogens is 412 g/mol. The number of halogens is 1. The van der Waals surface area contributed by atoms with Gasteiger partial charge in [-0.1, -0.05) is 48.0 Å². The Kier molecular flexibility index (Phi) is 4.21. The molecule has 5 rings (SSSR count). The Balaban J connectivity index is 2.22. The molecule has 1 aliphatic heterocycles. The van der Waals surface area contributed by atoms with Crippen molar-refractivity contribution in [2.45, 2.75) is 0 Å². The fourth-order valence-corrected chi connectivity index (χ4v) is 4.02. The van der Waals surface area contributed by atoms with Crippen LogP contribution < -0.4 is 16.6 Å². The lowest BCUT2D eigenvalue weighted by atomic mass is 10.1. The van der Waals surface area contributed by atoms with Gasteiger partial charge in [-0.05, 0) is 30.3 Å². The van der Waals surface area contributed by atoms with Gasteiger partial charge in [-0.3, -0.25) is 14.2 Å². The predicted molar refractivity (Wildman–Crippen MR) is 121 cm³/mol.